The van der Waals surface area contributed by atoms with Gasteiger partial charge in [-0.15, -0.1) is 0 Å². The predicted molar refractivity (Wildman–Crippen MR) is 102 cm³/mol. The lowest BCUT2D eigenvalue weighted by molar-refractivity contribution is 0.926. The second-order valence-electron chi connectivity index (χ2n) is 6.05. The van der Waals surface area contributed by atoms with Crippen LogP contribution in [0.25, 0.3) is 0 Å². The predicted octanol–water partition coefficient (Wildman–Crippen LogP) is 2.30. The summed E-state index contributed by atoms with van der Waals surface area (Å²) in [5.74, 6) is 0.988. The summed E-state index contributed by atoms with van der Waals surface area (Å²) in [6.45, 7) is 3.98. The zero-order valence-corrected chi connectivity index (χ0v) is 14.6. The molecule has 0 amide bonds. The lowest BCUT2D eigenvalue weighted by atomic mass is 9.88. The highest BCUT2D eigenvalue weighted by Crippen LogP contribution is 2.23. The minimum absolute atomic E-state index is 0.838. The molecule has 2 aromatic carbocycles. The minimum atomic E-state index is 0.838. The van der Waals surface area contributed by atoms with Crippen LogP contribution in [0.3, 0.4) is 0 Å². The minimum Gasteiger partial charge on any atom is -0.368 e. The van der Waals surface area contributed by atoms with E-state index in [4.69, 9.17) is 11.6 Å². The van der Waals surface area contributed by atoms with Gasteiger partial charge in [0.1, 0.15) is 13.7 Å². The fourth-order valence-electron chi connectivity index (χ4n) is 3.20. The molecule has 1 aliphatic heterocycles. The molecule has 0 saturated carbocycles. The zero-order valence-electron chi connectivity index (χ0n) is 13.8. The molecule has 118 valence electrons. The Balaban J connectivity index is 1.87. The van der Waals surface area contributed by atoms with E-state index < -0.39 is 0 Å². The first-order chi connectivity index (χ1) is 11.2. The van der Waals surface area contributed by atoms with E-state index in [1.165, 1.54) is 22.2 Å². The Bertz CT molecular complexity index is 740. The van der Waals surface area contributed by atoms with Crippen molar-refractivity contribution in [2.75, 3.05) is 13.1 Å². The molecule has 23 heavy (non-hydrogen) atoms. The van der Waals surface area contributed by atoms with E-state index >= 15 is 0 Å². The number of hydrogen-bond donors (Lipinski definition) is 1. The highest BCUT2D eigenvalue weighted by atomic mass is 35.5. The number of halogens is 1. The summed E-state index contributed by atoms with van der Waals surface area (Å²) in [5, 5.41) is 4.20. The summed E-state index contributed by atoms with van der Waals surface area (Å²) < 4.78 is 0. The summed E-state index contributed by atoms with van der Waals surface area (Å²) in [6.07, 6.45) is 3.01. The van der Waals surface area contributed by atoms with Gasteiger partial charge in [0.25, 0.3) is 0 Å². The van der Waals surface area contributed by atoms with Crippen LogP contribution in [0.5, 0.6) is 0 Å². The first kappa shape index (κ1) is 16.1. The largest absolute Gasteiger partial charge is 0.368 e. The molecule has 0 atom stereocenters. The molecule has 0 radical (unpaired) electrons. The van der Waals surface area contributed by atoms with E-state index in [9.17, 15) is 0 Å². The number of nitrogens with zero attached hydrogens (tertiary/aromatic N) is 1. The van der Waals surface area contributed by atoms with Crippen molar-refractivity contribution in [1.29, 1.82) is 0 Å². The Kier molecular flexibility index (Phi) is 5.07. The van der Waals surface area contributed by atoms with Crippen molar-refractivity contribution in [2.45, 2.75) is 26.2 Å². The number of benzene rings is 2. The van der Waals surface area contributed by atoms with Gasteiger partial charge in [0.2, 0.25) is 0 Å². The third-order valence-corrected chi connectivity index (χ3v) is 4.79. The van der Waals surface area contributed by atoms with Gasteiger partial charge in [0.05, 0.1) is 6.54 Å². The number of rotatable bonds is 5. The van der Waals surface area contributed by atoms with Crippen LogP contribution in [0.15, 0.2) is 41.4 Å². The first-order valence-corrected chi connectivity index (χ1v) is 8.71. The Morgan fingerprint density at radius 1 is 1.17 bits per heavy atom. The van der Waals surface area contributed by atoms with Gasteiger partial charge in [-0.3, -0.25) is 4.99 Å². The van der Waals surface area contributed by atoms with Crippen molar-refractivity contribution in [1.82, 2.24) is 5.32 Å². The summed E-state index contributed by atoms with van der Waals surface area (Å²) in [7, 11) is 2.15. The zero-order chi connectivity index (χ0) is 16.2. The standard InChI is InChI=1S/C19H22BClN2/c1-2-13-6-8-15(20)12-14(13)7-9-16-17(4-3-5-18(16)21)19-22-10-11-23-19/h3-6,8,12H,2,7,9-11,20H2,1H3,(H,22,23). The summed E-state index contributed by atoms with van der Waals surface area (Å²) in [4.78, 5) is 4.56. The van der Waals surface area contributed by atoms with Crippen LogP contribution in [0.1, 0.15) is 29.2 Å². The fourth-order valence-corrected chi connectivity index (χ4v) is 3.47. The van der Waals surface area contributed by atoms with Gasteiger partial charge in [0, 0.05) is 17.1 Å². The van der Waals surface area contributed by atoms with Gasteiger partial charge in [-0.2, -0.15) is 0 Å². The molecule has 0 bridgehead atoms. The van der Waals surface area contributed by atoms with E-state index in [0.717, 1.165) is 48.8 Å². The first-order valence-electron chi connectivity index (χ1n) is 8.33. The molecule has 2 nitrogen and oxygen atoms in total. The molecular formula is C19H22BClN2. The lowest BCUT2D eigenvalue weighted by Gasteiger charge is -2.14. The topological polar surface area (TPSA) is 24.4 Å². The van der Waals surface area contributed by atoms with Gasteiger partial charge in [-0.25, -0.2) is 0 Å². The molecule has 0 spiro atoms. The van der Waals surface area contributed by atoms with Crippen molar-refractivity contribution < 1.29 is 0 Å². The van der Waals surface area contributed by atoms with Crippen LogP contribution in [0.4, 0.5) is 0 Å². The molecule has 3 rings (SSSR count). The second-order valence-corrected chi connectivity index (χ2v) is 6.46. The maximum absolute atomic E-state index is 6.50. The molecule has 4 heteroatoms. The highest BCUT2D eigenvalue weighted by molar-refractivity contribution is 6.32. The van der Waals surface area contributed by atoms with Crippen molar-refractivity contribution >= 4 is 30.7 Å². The molecule has 1 heterocycles. The Morgan fingerprint density at radius 2 is 2.04 bits per heavy atom. The van der Waals surface area contributed by atoms with Crippen LogP contribution in [0, 0.1) is 0 Å². The van der Waals surface area contributed by atoms with Crippen molar-refractivity contribution in [3.8, 4) is 0 Å². The molecule has 2 aromatic rings. The average Bonchev–Trinajstić information content (AvgIpc) is 3.08. The lowest BCUT2D eigenvalue weighted by Crippen LogP contribution is -2.21. The molecule has 0 aliphatic carbocycles. The summed E-state index contributed by atoms with van der Waals surface area (Å²) in [6, 6.07) is 12.9. The van der Waals surface area contributed by atoms with Gasteiger partial charge in [-0.05, 0) is 42.0 Å². The molecule has 0 aromatic heterocycles. The molecule has 1 aliphatic rings. The van der Waals surface area contributed by atoms with Crippen molar-refractivity contribution in [3.05, 3.63) is 63.7 Å². The van der Waals surface area contributed by atoms with Crippen LogP contribution in [-0.4, -0.2) is 26.8 Å². The SMILES string of the molecule is Bc1ccc(CC)c(CCc2c(Cl)cccc2C2=NCCN2)c1. The van der Waals surface area contributed by atoms with E-state index in [1.807, 2.05) is 12.1 Å². The van der Waals surface area contributed by atoms with E-state index in [2.05, 4.69) is 49.3 Å². The van der Waals surface area contributed by atoms with Crippen molar-refractivity contribution in [2.24, 2.45) is 4.99 Å². The number of aryl methyl sites for hydroxylation is 2. The number of amidine groups is 1. The third kappa shape index (κ3) is 3.61. The number of nitrogens with one attached hydrogen (secondary N) is 1. The molecule has 0 fully saturated rings. The average molecular weight is 325 g/mol. The fraction of sp³-hybridized carbons (Fsp3) is 0.316. The smallest absolute Gasteiger partial charge is 0.139 e. The Morgan fingerprint density at radius 3 is 2.78 bits per heavy atom. The molecular weight excluding hydrogens is 302 g/mol. The molecule has 1 N–H and O–H groups in total. The van der Waals surface area contributed by atoms with Gasteiger partial charge in [0.15, 0.2) is 0 Å². The van der Waals surface area contributed by atoms with Crippen LogP contribution < -0.4 is 10.8 Å². The number of hydrogen-bond acceptors (Lipinski definition) is 2. The quantitative estimate of drug-likeness (QED) is 0.839. The Hall–Kier alpha value is -1.74. The maximum Gasteiger partial charge on any atom is 0.139 e. The van der Waals surface area contributed by atoms with E-state index in [-0.39, 0.29) is 0 Å². The van der Waals surface area contributed by atoms with Crippen LogP contribution in [-0.2, 0) is 19.3 Å². The number of aliphatic imine (C=N–C) groups is 1. The van der Waals surface area contributed by atoms with Crippen LogP contribution in [0.2, 0.25) is 5.02 Å². The van der Waals surface area contributed by atoms with E-state index in [0.29, 0.717) is 0 Å². The van der Waals surface area contributed by atoms with Crippen LogP contribution >= 0.6 is 11.6 Å². The summed E-state index contributed by atoms with van der Waals surface area (Å²) >= 11 is 6.50. The molecule has 0 saturated heterocycles. The second kappa shape index (κ2) is 7.22. The van der Waals surface area contributed by atoms with E-state index in [1.54, 1.807) is 0 Å². The van der Waals surface area contributed by atoms with Gasteiger partial charge >= 0.3 is 0 Å². The highest BCUT2D eigenvalue weighted by Gasteiger charge is 2.15. The van der Waals surface area contributed by atoms with Gasteiger partial charge < -0.3 is 5.32 Å². The summed E-state index contributed by atoms with van der Waals surface area (Å²) in [5.41, 5.74) is 6.53. The normalized spacial score (nSPS) is 13.7. The van der Waals surface area contributed by atoms with Crippen molar-refractivity contribution in [3.63, 3.8) is 0 Å². The van der Waals surface area contributed by atoms with Gasteiger partial charge in [-0.1, -0.05) is 54.3 Å². The molecule has 0 unspecified atom stereocenters. The maximum atomic E-state index is 6.50. The Labute approximate surface area is 144 Å². The monoisotopic (exact) mass is 324 g/mol. The third-order valence-electron chi connectivity index (χ3n) is 4.44.